The quantitative estimate of drug-likeness (QED) is 0.803. The lowest BCUT2D eigenvalue weighted by atomic mass is 10.3. The van der Waals surface area contributed by atoms with E-state index in [2.05, 4.69) is 10.1 Å². The zero-order valence-corrected chi connectivity index (χ0v) is 13.6. The molecule has 0 unspecified atom stereocenters. The largest absolute Gasteiger partial charge is 0.484 e. The van der Waals surface area contributed by atoms with Crippen molar-refractivity contribution in [2.75, 3.05) is 13.7 Å². The average Bonchev–Trinajstić information content (AvgIpc) is 3.00. The van der Waals surface area contributed by atoms with Crippen LogP contribution in [0.2, 0.25) is 10.0 Å². The van der Waals surface area contributed by atoms with Crippen molar-refractivity contribution >= 4 is 35.1 Å². The number of carbonyl (C=O) groups is 2. The Balaban J connectivity index is 1.91. The van der Waals surface area contributed by atoms with Crippen molar-refractivity contribution in [2.45, 2.75) is 6.61 Å². The van der Waals surface area contributed by atoms with E-state index < -0.39 is 11.9 Å². The summed E-state index contributed by atoms with van der Waals surface area (Å²) in [7, 11) is 1.23. The molecule has 1 heterocycles. The number of methoxy groups -OCH3 is 1. The summed E-state index contributed by atoms with van der Waals surface area (Å²) in [5.74, 6) is -0.130. The van der Waals surface area contributed by atoms with Gasteiger partial charge in [0.15, 0.2) is 5.76 Å². The third-order valence-corrected chi connectivity index (χ3v) is 3.30. The molecule has 0 saturated heterocycles. The third kappa shape index (κ3) is 4.91. The predicted molar refractivity (Wildman–Crippen MR) is 83.9 cm³/mol. The fourth-order valence-corrected chi connectivity index (χ4v) is 2.09. The van der Waals surface area contributed by atoms with Crippen LogP contribution in [0, 0.1) is 0 Å². The summed E-state index contributed by atoms with van der Waals surface area (Å²) in [6, 6.07) is 7.92. The zero-order chi connectivity index (χ0) is 16.8. The van der Waals surface area contributed by atoms with Gasteiger partial charge in [0, 0.05) is 5.02 Å². The van der Waals surface area contributed by atoms with Gasteiger partial charge in [-0.1, -0.05) is 23.2 Å². The maximum absolute atomic E-state index is 11.8. The molecule has 2 aromatic rings. The van der Waals surface area contributed by atoms with Gasteiger partial charge in [-0.05, 0) is 30.3 Å². The zero-order valence-electron chi connectivity index (χ0n) is 12.1. The summed E-state index contributed by atoms with van der Waals surface area (Å²) >= 11 is 11.8. The summed E-state index contributed by atoms with van der Waals surface area (Å²) in [5, 5.41) is 3.25. The highest BCUT2D eigenvalue weighted by molar-refractivity contribution is 6.35. The van der Waals surface area contributed by atoms with Gasteiger partial charge < -0.3 is 19.2 Å². The second kappa shape index (κ2) is 7.89. The van der Waals surface area contributed by atoms with Crippen LogP contribution < -0.4 is 10.1 Å². The molecule has 0 spiro atoms. The van der Waals surface area contributed by atoms with E-state index in [4.69, 9.17) is 32.4 Å². The van der Waals surface area contributed by atoms with Gasteiger partial charge >= 0.3 is 5.97 Å². The van der Waals surface area contributed by atoms with Crippen molar-refractivity contribution in [1.29, 1.82) is 0 Å². The summed E-state index contributed by atoms with van der Waals surface area (Å²) in [6.07, 6.45) is 0. The van der Waals surface area contributed by atoms with Crippen LogP contribution in [0.3, 0.4) is 0 Å². The van der Waals surface area contributed by atoms with E-state index in [9.17, 15) is 9.59 Å². The van der Waals surface area contributed by atoms with Crippen molar-refractivity contribution in [3.63, 3.8) is 0 Å². The van der Waals surface area contributed by atoms with E-state index in [1.165, 1.54) is 13.2 Å². The van der Waals surface area contributed by atoms with Crippen molar-refractivity contribution in [1.82, 2.24) is 5.32 Å². The van der Waals surface area contributed by atoms with Crippen LogP contribution in [0.15, 0.2) is 34.7 Å². The Hall–Kier alpha value is -2.18. The van der Waals surface area contributed by atoms with E-state index >= 15 is 0 Å². The minimum absolute atomic E-state index is 0.0645. The van der Waals surface area contributed by atoms with E-state index in [1.54, 1.807) is 24.3 Å². The normalized spacial score (nSPS) is 10.2. The number of hydrogen-bond acceptors (Lipinski definition) is 5. The van der Waals surface area contributed by atoms with Gasteiger partial charge in [0.25, 0.3) is 5.91 Å². The minimum atomic E-state index is -0.550. The van der Waals surface area contributed by atoms with Gasteiger partial charge in [0.1, 0.15) is 24.7 Å². The molecule has 2 rings (SSSR count). The molecule has 1 N–H and O–H groups in total. The van der Waals surface area contributed by atoms with E-state index in [-0.39, 0.29) is 18.9 Å². The Kier molecular flexibility index (Phi) is 5.90. The Bertz CT molecular complexity index is 714. The number of carbonyl (C=O) groups excluding carboxylic acids is 2. The molecule has 0 aliphatic rings. The van der Waals surface area contributed by atoms with Crippen molar-refractivity contribution in [3.05, 3.63) is 51.9 Å². The highest BCUT2D eigenvalue weighted by atomic mass is 35.5. The molecule has 0 bridgehead atoms. The van der Waals surface area contributed by atoms with E-state index in [0.29, 0.717) is 21.6 Å². The maximum Gasteiger partial charge on any atom is 0.325 e. The lowest BCUT2D eigenvalue weighted by Gasteiger charge is -2.06. The first-order valence-corrected chi connectivity index (χ1v) is 7.26. The standard InChI is InChI=1S/C15H13Cl2NO5/c1-21-14(19)7-18-15(20)13-5-3-10(23-13)8-22-12-4-2-9(16)6-11(12)17/h2-6H,7-8H2,1H3,(H,18,20). The monoisotopic (exact) mass is 357 g/mol. The van der Waals surface area contributed by atoms with Gasteiger partial charge in [-0.25, -0.2) is 0 Å². The number of esters is 1. The highest BCUT2D eigenvalue weighted by Crippen LogP contribution is 2.28. The van der Waals surface area contributed by atoms with E-state index in [0.717, 1.165) is 0 Å². The number of ether oxygens (including phenoxy) is 2. The summed E-state index contributed by atoms with van der Waals surface area (Å²) in [4.78, 5) is 22.7. The van der Waals surface area contributed by atoms with Crippen LogP contribution in [0.5, 0.6) is 5.75 Å². The molecule has 122 valence electrons. The lowest BCUT2D eigenvalue weighted by molar-refractivity contribution is -0.139. The van der Waals surface area contributed by atoms with Crippen molar-refractivity contribution in [3.8, 4) is 5.75 Å². The first-order valence-electron chi connectivity index (χ1n) is 6.51. The highest BCUT2D eigenvalue weighted by Gasteiger charge is 2.13. The fraction of sp³-hybridized carbons (Fsp3) is 0.200. The average molecular weight is 358 g/mol. The Labute approximate surface area is 142 Å². The minimum Gasteiger partial charge on any atom is -0.484 e. The van der Waals surface area contributed by atoms with Crippen molar-refractivity contribution in [2.24, 2.45) is 0 Å². The third-order valence-electron chi connectivity index (χ3n) is 2.77. The van der Waals surface area contributed by atoms with Gasteiger partial charge in [-0.15, -0.1) is 0 Å². The molecule has 0 atom stereocenters. The van der Waals surface area contributed by atoms with Crippen LogP contribution in [0.4, 0.5) is 0 Å². The second-order valence-electron chi connectivity index (χ2n) is 4.39. The van der Waals surface area contributed by atoms with Crippen molar-refractivity contribution < 1.29 is 23.5 Å². The van der Waals surface area contributed by atoms with Crippen LogP contribution in [0.1, 0.15) is 16.3 Å². The van der Waals surface area contributed by atoms with Gasteiger partial charge in [-0.2, -0.15) is 0 Å². The van der Waals surface area contributed by atoms with Gasteiger partial charge in [0.2, 0.25) is 0 Å². The number of furan rings is 1. The summed E-state index contributed by atoms with van der Waals surface area (Å²) < 4.78 is 15.3. The fourth-order valence-electron chi connectivity index (χ4n) is 1.63. The SMILES string of the molecule is COC(=O)CNC(=O)c1ccc(COc2ccc(Cl)cc2Cl)o1. The smallest absolute Gasteiger partial charge is 0.325 e. The molecule has 1 aromatic carbocycles. The molecule has 23 heavy (non-hydrogen) atoms. The topological polar surface area (TPSA) is 77.8 Å². The Morgan fingerprint density at radius 1 is 1.22 bits per heavy atom. The number of benzene rings is 1. The molecule has 8 heteroatoms. The summed E-state index contributed by atoms with van der Waals surface area (Å²) in [6.45, 7) is -0.145. The molecule has 0 fully saturated rings. The first kappa shape index (κ1) is 17.2. The number of halogens is 2. The Morgan fingerprint density at radius 3 is 2.70 bits per heavy atom. The molecule has 0 aliphatic heterocycles. The first-order chi connectivity index (χ1) is 11.0. The molecule has 0 radical (unpaired) electrons. The van der Waals surface area contributed by atoms with Gasteiger partial charge in [0.05, 0.1) is 12.1 Å². The number of rotatable bonds is 6. The maximum atomic E-state index is 11.8. The molecular formula is C15H13Cl2NO5. The number of hydrogen-bond donors (Lipinski definition) is 1. The van der Waals surface area contributed by atoms with Crippen LogP contribution >= 0.6 is 23.2 Å². The molecule has 0 saturated carbocycles. The lowest BCUT2D eigenvalue weighted by Crippen LogP contribution is -2.29. The second-order valence-corrected chi connectivity index (χ2v) is 5.23. The van der Waals surface area contributed by atoms with E-state index in [1.807, 2.05) is 0 Å². The van der Waals surface area contributed by atoms with Crippen LogP contribution in [0.25, 0.3) is 0 Å². The van der Waals surface area contributed by atoms with Crippen LogP contribution in [-0.2, 0) is 16.1 Å². The summed E-state index contributed by atoms with van der Waals surface area (Å²) in [5.41, 5.74) is 0. The molecular weight excluding hydrogens is 345 g/mol. The predicted octanol–water partition coefficient (Wildman–Crippen LogP) is 3.07. The number of nitrogens with one attached hydrogen (secondary N) is 1. The Morgan fingerprint density at radius 2 is 2.00 bits per heavy atom. The van der Waals surface area contributed by atoms with Gasteiger partial charge in [-0.3, -0.25) is 9.59 Å². The molecule has 6 nitrogen and oxygen atoms in total. The molecule has 0 aliphatic carbocycles. The van der Waals surface area contributed by atoms with Crippen LogP contribution in [-0.4, -0.2) is 25.5 Å². The molecule has 1 aromatic heterocycles. The number of amides is 1. The molecule has 1 amide bonds.